The van der Waals surface area contributed by atoms with Crippen molar-refractivity contribution >= 4 is 0 Å². The molecule has 0 aromatic rings. The third-order valence-electron chi connectivity index (χ3n) is 2.79. The number of piperidine rings is 1. The molecule has 2 atom stereocenters. The van der Waals surface area contributed by atoms with E-state index in [2.05, 4.69) is 18.4 Å². The van der Waals surface area contributed by atoms with E-state index in [0.717, 1.165) is 26.1 Å². The fourth-order valence-corrected chi connectivity index (χ4v) is 1.91. The van der Waals surface area contributed by atoms with Crippen molar-refractivity contribution in [3.63, 3.8) is 0 Å². The fraction of sp³-hybridized carbons (Fsp3) is 0.800. The number of likely N-dealkylation sites (tertiary alicyclic amines) is 1. The van der Waals surface area contributed by atoms with Crippen LogP contribution in [0.3, 0.4) is 0 Å². The van der Waals surface area contributed by atoms with Gasteiger partial charge >= 0.3 is 0 Å². The molecule has 12 heavy (non-hydrogen) atoms. The summed E-state index contributed by atoms with van der Waals surface area (Å²) >= 11 is 0. The van der Waals surface area contributed by atoms with Gasteiger partial charge < -0.3 is 5.73 Å². The summed E-state index contributed by atoms with van der Waals surface area (Å²) in [7, 11) is 0. The summed E-state index contributed by atoms with van der Waals surface area (Å²) in [6, 6.07) is 0.427. The maximum Gasteiger partial charge on any atom is 0.0160 e. The Bertz CT molecular complexity index is 145. The molecule has 2 heteroatoms. The third-order valence-corrected chi connectivity index (χ3v) is 2.79. The van der Waals surface area contributed by atoms with Crippen LogP contribution in [0.4, 0.5) is 0 Å². The summed E-state index contributed by atoms with van der Waals surface area (Å²) in [4.78, 5) is 2.44. The lowest BCUT2D eigenvalue weighted by molar-refractivity contribution is 0.166. The molecule has 1 aliphatic heterocycles. The largest absolute Gasteiger partial charge is 0.327 e. The highest BCUT2D eigenvalue weighted by Crippen LogP contribution is 2.17. The smallest absolute Gasteiger partial charge is 0.0160 e. The van der Waals surface area contributed by atoms with Crippen molar-refractivity contribution in [1.82, 2.24) is 4.90 Å². The SMILES string of the molecule is C=CCN1CCC(N)C(CC)C1. The molecule has 0 aliphatic carbocycles. The Labute approximate surface area is 75.4 Å². The second-order valence-electron chi connectivity index (χ2n) is 3.67. The second kappa shape index (κ2) is 4.63. The van der Waals surface area contributed by atoms with Crippen LogP contribution in [-0.2, 0) is 0 Å². The molecule has 70 valence electrons. The predicted molar refractivity (Wildman–Crippen MR) is 53.0 cm³/mol. The Morgan fingerprint density at radius 1 is 1.67 bits per heavy atom. The molecule has 1 rings (SSSR count). The zero-order valence-electron chi connectivity index (χ0n) is 8.00. The molecule has 0 aromatic carbocycles. The standard InChI is InChI=1S/C10H20N2/c1-3-6-12-7-5-10(11)9(4-2)8-12/h3,9-10H,1,4-8,11H2,2H3. The topological polar surface area (TPSA) is 29.3 Å². The van der Waals surface area contributed by atoms with Gasteiger partial charge in [0.2, 0.25) is 0 Å². The van der Waals surface area contributed by atoms with Crippen LogP contribution in [0.15, 0.2) is 12.7 Å². The molecule has 0 bridgehead atoms. The summed E-state index contributed by atoms with van der Waals surface area (Å²) in [6.45, 7) is 9.29. The van der Waals surface area contributed by atoms with Gasteiger partial charge in [0, 0.05) is 19.1 Å². The van der Waals surface area contributed by atoms with Gasteiger partial charge in [0.25, 0.3) is 0 Å². The highest BCUT2D eigenvalue weighted by molar-refractivity contribution is 4.85. The van der Waals surface area contributed by atoms with Crippen LogP contribution in [-0.4, -0.2) is 30.6 Å². The van der Waals surface area contributed by atoms with Crippen LogP contribution in [0.25, 0.3) is 0 Å². The normalized spacial score (nSPS) is 31.8. The van der Waals surface area contributed by atoms with E-state index >= 15 is 0 Å². The molecule has 0 spiro atoms. The van der Waals surface area contributed by atoms with Gasteiger partial charge in [-0.1, -0.05) is 19.4 Å². The van der Waals surface area contributed by atoms with Gasteiger partial charge in [-0.2, -0.15) is 0 Å². The van der Waals surface area contributed by atoms with Gasteiger partial charge in [-0.05, 0) is 18.9 Å². The minimum absolute atomic E-state index is 0.427. The lowest BCUT2D eigenvalue weighted by Crippen LogP contribution is -2.46. The first-order valence-electron chi connectivity index (χ1n) is 4.86. The first-order chi connectivity index (χ1) is 5.77. The summed E-state index contributed by atoms with van der Waals surface area (Å²) < 4.78 is 0. The monoisotopic (exact) mass is 168 g/mol. The predicted octanol–water partition coefficient (Wildman–Crippen LogP) is 1.23. The van der Waals surface area contributed by atoms with Crippen molar-refractivity contribution < 1.29 is 0 Å². The van der Waals surface area contributed by atoms with Crippen molar-refractivity contribution in [2.75, 3.05) is 19.6 Å². The Hall–Kier alpha value is -0.340. The van der Waals surface area contributed by atoms with E-state index in [-0.39, 0.29) is 0 Å². The maximum atomic E-state index is 6.00. The van der Waals surface area contributed by atoms with Gasteiger partial charge in [0.15, 0.2) is 0 Å². The molecule has 1 aliphatic rings. The summed E-state index contributed by atoms with van der Waals surface area (Å²) in [5.74, 6) is 0.693. The minimum atomic E-state index is 0.427. The average molecular weight is 168 g/mol. The number of rotatable bonds is 3. The zero-order chi connectivity index (χ0) is 8.97. The van der Waals surface area contributed by atoms with Crippen molar-refractivity contribution in [3.8, 4) is 0 Å². The van der Waals surface area contributed by atoms with Crippen LogP contribution in [0.2, 0.25) is 0 Å². The fourth-order valence-electron chi connectivity index (χ4n) is 1.91. The minimum Gasteiger partial charge on any atom is -0.327 e. The zero-order valence-corrected chi connectivity index (χ0v) is 8.00. The van der Waals surface area contributed by atoms with E-state index in [0.29, 0.717) is 12.0 Å². The van der Waals surface area contributed by atoms with Gasteiger partial charge in [0.1, 0.15) is 0 Å². The molecule has 2 N–H and O–H groups in total. The van der Waals surface area contributed by atoms with E-state index in [4.69, 9.17) is 5.73 Å². The summed E-state index contributed by atoms with van der Waals surface area (Å²) in [6.07, 6.45) is 4.32. The van der Waals surface area contributed by atoms with Crippen molar-refractivity contribution in [2.24, 2.45) is 11.7 Å². The van der Waals surface area contributed by atoms with Gasteiger partial charge in [-0.3, -0.25) is 4.90 Å². The van der Waals surface area contributed by atoms with E-state index in [1.165, 1.54) is 6.42 Å². The molecule has 0 amide bonds. The molecule has 2 unspecified atom stereocenters. The summed E-state index contributed by atoms with van der Waals surface area (Å²) in [5, 5.41) is 0. The van der Waals surface area contributed by atoms with Crippen LogP contribution in [0.1, 0.15) is 19.8 Å². The molecule has 0 aromatic heterocycles. The Balaban J connectivity index is 2.38. The van der Waals surface area contributed by atoms with Gasteiger partial charge in [-0.15, -0.1) is 6.58 Å². The molecule has 1 fully saturated rings. The average Bonchev–Trinajstić information content (AvgIpc) is 2.09. The van der Waals surface area contributed by atoms with Crippen molar-refractivity contribution in [3.05, 3.63) is 12.7 Å². The Morgan fingerprint density at radius 3 is 3.00 bits per heavy atom. The molecule has 2 nitrogen and oxygen atoms in total. The van der Waals surface area contributed by atoms with Crippen molar-refractivity contribution in [2.45, 2.75) is 25.8 Å². The van der Waals surface area contributed by atoms with Gasteiger partial charge in [0.05, 0.1) is 0 Å². The number of nitrogens with zero attached hydrogens (tertiary/aromatic N) is 1. The number of hydrogen-bond acceptors (Lipinski definition) is 2. The van der Waals surface area contributed by atoms with E-state index in [1.54, 1.807) is 0 Å². The highest BCUT2D eigenvalue weighted by Gasteiger charge is 2.23. The lowest BCUT2D eigenvalue weighted by atomic mass is 9.91. The maximum absolute atomic E-state index is 6.00. The van der Waals surface area contributed by atoms with E-state index in [9.17, 15) is 0 Å². The lowest BCUT2D eigenvalue weighted by Gasteiger charge is -2.35. The van der Waals surface area contributed by atoms with Crippen LogP contribution < -0.4 is 5.73 Å². The van der Waals surface area contributed by atoms with Crippen LogP contribution in [0.5, 0.6) is 0 Å². The Morgan fingerprint density at radius 2 is 2.42 bits per heavy atom. The Kier molecular flexibility index (Phi) is 3.76. The molecule has 0 radical (unpaired) electrons. The number of hydrogen-bond donors (Lipinski definition) is 1. The highest BCUT2D eigenvalue weighted by atomic mass is 15.1. The number of nitrogens with two attached hydrogens (primary N) is 1. The van der Waals surface area contributed by atoms with E-state index in [1.807, 2.05) is 6.08 Å². The molecular weight excluding hydrogens is 148 g/mol. The quantitative estimate of drug-likeness (QED) is 0.642. The van der Waals surface area contributed by atoms with E-state index < -0.39 is 0 Å². The molecule has 0 saturated carbocycles. The molecular formula is C10H20N2. The first kappa shape index (κ1) is 9.75. The molecule has 1 saturated heterocycles. The first-order valence-corrected chi connectivity index (χ1v) is 4.86. The summed E-state index contributed by atoms with van der Waals surface area (Å²) in [5.41, 5.74) is 6.00. The van der Waals surface area contributed by atoms with Gasteiger partial charge in [-0.25, -0.2) is 0 Å². The van der Waals surface area contributed by atoms with Crippen LogP contribution in [0, 0.1) is 5.92 Å². The molecule has 1 heterocycles. The van der Waals surface area contributed by atoms with Crippen molar-refractivity contribution in [1.29, 1.82) is 0 Å². The van der Waals surface area contributed by atoms with Crippen LogP contribution >= 0.6 is 0 Å². The third kappa shape index (κ3) is 2.32. The second-order valence-corrected chi connectivity index (χ2v) is 3.67.